The topological polar surface area (TPSA) is 21.3 Å². The van der Waals surface area contributed by atoms with Crippen molar-refractivity contribution in [3.63, 3.8) is 0 Å². The van der Waals surface area contributed by atoms with Gasteiger partial charge in [0, 0.05) is 11.5 Å². The van der Waals surface area contributed by atoms with Crippen LogP contribution in [-0.2, 0) is 4.74 Å². The molecule has 1 saturated carbocycles. The van der Waals surface area contributed by atoms with Crippen LogP contribution in [0.15, 0.2) is 0 Å². The molecule has 0 aliphatic heterocycles. The van der Waals surface area contributed by atoms with Gasteiger partial charge in [-0.15, -0.1) is 0 Å². The monoisotopic (exact) mass is 307 g/mol. The first-order valence-corrected chi connectivity index (χ1v) is 6.49. The van der Waals surface area contributed by atoms with Crippen molar-refractivity contribution in [1.29, 1.82) is 0 Å². The summed E-state index contributed by atoms with van der Waals surface area (Å²) in [7, 11) is 0. The van der Waals surface area contributed by atoms with Gasteiger partial charge in [0.2, 0.25) is 6.10 Å². The standard InChI is InChI=1S/C12H19F6NO/c1-4-10(3)7(19-5-2)6-8(10)20-9(11(13,14)15)12(16,17)18/h7-9,19H,4-6H2,1-3H3. The van der Waals surface area contributed by atoms with E-state index in [1.165, 1.54) is 0 Å². The van der Waals surface area contributed by atoms with Gasteiger partial charge < -0.3 is 10.1 Å². The van der Waals surface area contributed by atoms with Crippen LogP contribution in [0.1, 0.15) is 33.6 Å². The number of rotatable bonds is 5. The van der Waals surface area contributed by atoms with E-state index in [9.17, 15) is 26.3 Å². The predicted octanol–water partition coefficient (Wildman–Crippen LogP) is 3.66. The van der Waals surface area contributed by atoms with Gasteiger partial charge in [0.25, 0.3) is 0 Å². The van der Waals surface area contributed by atoms with Crippen molar-refractivity contribution >= 4 is 0 Å². The molecule has 3 unspecified atom stereocenters. The first-order valence-electron chi connectivity index (χ1n) is 6.49. The molecule has 1 rings (SSSR count). The lowest BCUT2D eigenvalue weighted by Crippen LogP contribution is -2.64. The minimum absolute atomic E-state index is 0.121. The number of nitrogens with one attached hydrogen (secondary N) is 1. The van der Waals surface area contributed by atoms with Crippen LogP contribution in [0, 0.1) is 5.41 Å². The fourth-order valence-corrected chi connectivity index (χ4v) is 2.57. The van der Waals surface area contributed by atoms with Crippen LogP contribution in [0.25, 0.3) is 0 Å². The van der Waals surface area contributed by atoms with Crippen molar-refractivity contribution in [3.05, 3.63) is 0 Å². The minimum atomic E-state index is -5.45. The Kier molecular flexibility index (Phi) is 5.01. The van der Waals surface area contributed by atoms with E-state index in [1.54, 1.807) is 13.8 Å². The van der Waals surface area contributed by atoms with Gasteiger partial charge in [-0.1, -0.05) is 20.8 Å². The Bertz CT molecular complexity index is 315. The molecule has 1 fully saturated rings. The number of halogens is 6. The number of ether oxygens (including phenoxy) is 1. The average Bonchev–Trinajstić information content (AvgIpc) is 2.28. The maximum absolute atomic E-state index is 12.5. The summed E-state index contributed by atoms with van der Waals surface area (Å²) >= 11 is 0. The highest BCUT2D eigenvalue weighted by atomic mass is 19.4. The van der Waals surface area contributed by atoms with Gasteiger partial charge in [-0.25, -0.2) is 0 Å². The lowest BCUT2D eigenvalue weighted by molar-refractivity contribution is -0.348. The SMILES string of the molecule is CCNC1CC(OC(C(F)(F)F)C(F)(F)F)C1(C)CC. The van der Waals surface area contributed by atoms with Crippen molar-refractivity contribution in [3.8, 4) is 0 Å². The number of alkyl halides is 6. The van der Waals surface area contributed by atoms with E-state index in [0.29, 0.717) is 13.0 Å². The highest BCUT2D eigenvalue weighted by molar-refractivity contribution is 5.05. The lowest BCUT2D eigenvalue weighted by atomic mass is 9.61. The van der Waals surface area contributed by atoms with E-state index in [4.69, 9.17) is 0 Å². The molecule has 2 nitrogen and oxygen atoms in total. The van der Waals surface area contributed by atoms with Gasteiger partial charge in [0.05, 0.1) is 6.10 Å². The Morgan fingerprint density at radius 1 is 1.15 bits per heavy atom. The van der Waals surface area contributed by atoms with Gasteiger partial charge in [-0.2, -0.15) is 26.3 Å². The zero-order chi connectivity index (χ0) is 15.8. The molecule has 120 valence electrons. The summed E-state index contributed by atoms with van der Waals surface area (Å²) in [5.41, 5.74) is -0.718. The fraction of sp³-hybridized carbons (Fsp3) is 1.00. The number of hydrogen-bond acceptors (Lipinski definition) is 2. The van der Waals surface area contributed by atoms with Crippen molar-refractivity contribution < 1.29 is 31.1 Å². The normalized spacial score (nSPS) is 31.5. The second-order valence-electron chi connectivity index (χ2n) is 5.29. The highest BCUT2D eigenvalue weighted by Crippen LogP contribution is 2.49. The van der Waals surface area contributed by atoms with Crippen LogP contribution in [0.2, 0.25) is 0 Å². The Balaban J connectivity index is 2.81. The summed E-state index contributed by atoms with van der Waals surface area (Å²) in [6, 6.07) is -0.121. The predicted molar refractivity (Wildman–Crippen MR) is 61.3 cm³/mol. The molecular formula is C12H19F6NO. The molecule has 3 atom stereocenters. The van der Waals surface area contributed by atoms with E-state index in [0.717, 1.165) is 0 Å². The Labute approximate surface area is 113 Å². The summed E-state index contributed by atoms with van der Waals surface area (Å²) in [6.45, 7) is 5.82. The van der Waals surface area contributed by atoms with Crippen LogP contribution < -0.4 is 5.32 Å². The van der Waals surface area contributed by atoms with Crippen molar-refractivity contribution in [2.75, 3.05) is 6.54 Å². The third-order valence-electron chi connectivity index (χ3n) is 4.09. The molecule has 0 radical (unpaired) electrons. The second-order valence-corrected chi connectivity index (χ2v) is 5.29. The van der Waals surface area contributed by atoms with Crippen molar-refractivity contribution in [2.24, 2.45) is 5.41 Å². The van der Waals surface area contributed by atoms with Gasteiger partial charge in [-0.05, 0) is 19.4 Å². The molecule has 0 aromatic rings. The quantitative estimate of drug-likeness (QED) is 0.783. The third kappa shape index (κ3) is 3.39. The van der Waals surface area contributed by atoms with E-state index < -0.39 is 30.0 Å². The van der Waals surface area contributed by atoms with Crippen LogP contribution in [-0.4, -0.2) is 37.1 Å². The van der Waals surface area contributed by atoms with Gasteiger partial charge in [0.1, 0.15) is 0 Å². The van der Waals surface area contributed by atoms with E-state index >= 15 is 0 Å². The molecule has 1 N–H and O–H groups in total. The third-order valence-corrected chi connectivity index (χ3v) is 4.09. The largest absolute Gasteiger partial charge is 0.423 e. The zero-order valence-electron chi connectivity index (χ0n) is 11.5. The molecule has 0 aromatic carbocycles. The van der Waals surface area contributed by atoms with Crippen LogP contribution in [0.4, 0.5) is 26.3 Å². The summed E-state index contributed by atoms with van der Waals surface area (Å²) in [5, 5.41) is 3.06. The van der Waals surface area contributed by atoms with Crippen LogP contribution in [0.3, 0.4) is 0 Å². The summed E-state index contributed by atoms with van der Waals surface area (Å²) < 4.78 is 79.3. The Morgan fingerprint density at radius 2 is 1.65 bits per heavy atom. The van der Waals surface area contributed by atoms with Gasteiger partial charge in [0.15, 0.2) is 0 Å². The lowest BCUT2D eigenvalue weighted by Gasteiger charge is -2.54. The van der Waals surface area contributed by atoms with Crippen LogP contribution >= 0.6 is 0 Å². The van der Waals surface area contributed by atoms with E-state index in [1.807, 2.05) is 6.92 Å². The fourth-order valence-electron chi connectivity index (χ4n) is 2.57. The molecule has 0 aromatic heterocycles. The summed E-state index contributed by atoms with van der Waals surface area (Å²) in [6.07, 6.45) is -15.1. The Morgan fingerprint density at radius 3 is 2.00 bits per heavy atom. The van der Waals surface area contributed by atoms with Gasteiger partial charge in [-0.3, -0.25) is 0 Å². The van der Waals surface area contributed by atoms with Crippen molar-refractivity contribution in [2.45, 2.75) is 64.2 Å². The number of hydrogen-bond donors (Lipinski definition) is 1. The second kappa shape index (κ2) is 5.71. The summed E-state index contributed by atoms with van der Waals surface area (Å²) in [4.78, 5) is 0. The first kappa shape index (κ1) is 17.6. The van der Waals surface area contributed by atoms with E-state index in [2.05, 4.69) is 10.1 Å². The molecule has 0 spiro atoms. The maximum Gasteiger partial charge on any atom is 0.423 e. The Hall–Kier alpha value is -0.500. The molecule has 1 aliphatic carbocycles. The maximum atomic E-state index is 12.5. The smallest absolute Gasteiger partial charge is 0.357 e. The average molecular weight is 307 g/mol. The molecule has 0 heterocycles. The minimum Gasteiger partial charge on any atom is -0.357 e. The van der Waals surface area contributed by atoms with Gasteiger partial charge >= 0.3 is 12.4 Å². The summed E-state index contributed by atoms with van der Waals surface area (Å²) in [5.74, 6) is 0. The molecule has 8 heteroatoms. The zero-order valence-corrected chi connectivity index (χ0v) is 11.5. The van der Waals surface area contributed by atoms with E-state index in [-0.39, 0.29) is 12.5 Å². The molecule has 0 amide bonds. The molecule has 1 aliphatic rings. The van der Waals surface area contributed by atoms with Crippen molar-refractivity contribution in [1.82, 2.24) is 5.32 Å². The molecular weight excluding hydrogens is 288 g/mol. The molecule has 20 heavy (non-hydrogen) atoms. The molecule has 0 bridgehead atoms. The highest BCUT2D eigenvalue weighted by Gasteiger charge is 2.62. The first-order chi connectivity index (χ1) is 8.96. The van der Waals surface area contributed by atoms with Crippen LogP contribution in [0.5, 0.6) is 0 Å². The molecule has 0 saturated heterocycles.